The molecule has 0 saturated heterocycles. The van der Waals surface area contributed by atoms with E-state index >= 15 is 0 Å². The standard InChI is InChI=1S/C14H15N7O2S/c1-9-11(24-19-17-9)13(22)16-7-8-21-14(23)20(2)12(18-21)10-5-3-4-6-15-10/h3-6H,7-8H2,1-2H3,(H,16,22). The van der Waals surface area contributed by atoms with E-state index in [0.29, 0.717) is 22.1 Å². The van der Waals surface area contributed by atoms with Crippen molar-refractivity contribution in [3.63, 3.8) is 0 Å². The monoisotopic (exact) mass is 345 g/mol. The number of carbonyl (C=O) groups is 1. The molecule has 0 fully saturated rings. The lowest BCUT2D eigenvalue weighted by Crippen LogP contribution is -2.31. The van der Waals surface area contributed by atoms with Crippen LogP contribution in [0.15, 0.2) is 29.2 Å². The first kappa shape index (κ1) is 16.0. The molecule has 0 aliphatic heterocycles. The predicted octanol–water partition coefficient (Wildman–Crippen LogP) is 0.234. The highest BCUT2D eigenvalue weighted by Gasteiger charge is 2.15. The highest BCUT2D eigenvalue weighted by molar-refractivity contribution is 7.07. The molecule has 0 radical (unpaired) electrons. The molecule has 0 bridgehead atoms. The number of pyridine rings is 1. The molecule has 0 aliphatic rings. The van der Waals surface area contributed by atoms with Gasteiger partial charge in [-0.25, -0.2) is 9.48 Å². The maximum Gasteiger partial charge on any atom is 0.346 e. The van der Waals surface area contributed by atoms with E-state index in [-0.39, 0.29) is 24.7 Å². The number of hydrogen-bond acceptors (Lipinski definition) is 7. The van der Waals surface area contributed by atoms with Gasteiger partial charge in [-0.3, -0.25) is 14.3 Å². The van der Waals surface area contributed by atoms with E-state index in [1.807, 2.05) is 6.07 Å². The fraction of sp³-hybridized carbons (Fsp3) is 0.286. The van der Waals surface area contributed by atoms with Gasteiger partial charge in [0, 0.05) is 19.8 Å². The van der Waals surface area contributed by atoms with Gasteiger partial charge in [0.15, 0.2) is 5.82 Å². The maximum atomic E-state index is 12.2. The van der Waals surface area contributed by atoms with Crippen LogP contribution >= 0.6 is 11.5 Å². The van der Waals surface area contributed by atoms with Crippen LogP contribution in [0.4, 0.5) is 0 Å². The number of aryl methyl sites for hydroxylation is 1. The van der Waals surface area contributed by atoms with E-state index in [1.165, 1.54) is 9.25 Å². The molecule has 10 heteroatoms. The molecule has 9 nitrogen and oxygen atoms in total. The summed E-state index contributed by atoms with van der Waals surface area (Å²) in [4.78, 5) is 28.9. The third-order valence-corrected chi connectivity index (χ3v) is 4.23. The topological polar surface area (TPSA) is 108 Å². The minimum Gasteiger partial charge on any atom is -0.349 e. The molecule has 0 spiro atoms. The van der Waals surface area contributed by atoms with Crippen LogP contribution in [-0.2, 0) is 13.6 Å². The average Bonchev–Trinajstić information content (AvgIpc) is 3.14. The SMILES string of the molecule is Cc1nnsc1C(=O)NCCn1nc(-c2ccccn2)n(C)c1=O. The molecule has 1 N–H and O–H groups in total. The van der Waals surface area contributed by atoms with E-state index in [1.54, 1.807) is 32.3 Å². The van der Waals surface area contributed by atoms with Crippen LogP contribution in [0.25, 0.3) is 11.5 Å². The van der Waals surface area contributed by atoms with Crippen LogP contribution < -0.4 is 11.0 Å². The second-order valence-electron chi connectivity index (χ2n) is 5.05. The summed E-state index contributed by atoms with van der Waals surface area (Å²) in [7, 11) is 1.64. The Kier molecular flexibility index (Phi) is 4.47. The van der Waals surface area contributed by atoms with Crippen molar-refractivity contribution in [3.8, 4) is 11.5 Å². The number of rotatable bonds is 5. The van der Waals surface area contributed by atoms with Crippen molar-refractivity contribution in [2.45, 2.75) is 13.5 Å². The Bertz CT molecular complexity index is 913. The second-order valence-corrected chi connectivity index (χ2v) is 5.80. The van der Waals surface area contributed by atoms with Gasteiger partial charge in [0.1, 0.15) is 10.6 Å². The highest BCUT2D eigenvalue weighted by atomic mass is 32.1. The fourth-order valence-electron chi connectivity index (χ4n) is 2.15. The zero-order valence-electron chi connectivity index (χ0n) is 13.1. The lowest BCUT2D eigenvalue weighted by atomic mass is 10.3. The van der Waals surface area contributed by atoms with Gasteiger partial charge in [-0.15, -0.1) is 10.2 Å². The van der Waals surface area contributed by atoms with Crippen molar-refractivity contribution in [1.29, 1.82) is 0 Å². The summed E-state index contributed by atoms with van der Waals surface area (Å²) in [5.74, 6) is 0.228. The fourth-order valence-corrected chi connectivity index (χ4v) is 2.72. The number of carbonyl (C=O) groups excluding carboxylic acids is 1. The first-order valence-corrected chi connectivity index (χ1v) is 7.97. The molecule has 3 heterocycles. The zero-order valence-corrected chi connectivity index (χ0v) is 13.9. The van der Waals surface area contributed by atoms with Gasteiger partial charge in [-0.05, 0) is 30.6 Å². The van der Waals surface area contributed by atoms with Crippen LogP contribution in [0.2, 0.25) is 0 Å². The Balaban J connectivity index is 1.69. The molecule has 3 aromatic rings. The predicted molar refractivity (Wildman–Crippen MR) is 87.7 cm³/mol. The van der Waals surface area contributed by atoms with Gasteiger partial charge in [0.25, 0.3) is 5.91 Å². The minimum atomic E-state index is -0.263. The molecule has 0 aromatic carbocycles. The summed E-state index contributed by atoms with van der Waals surface area (Å²) in [6, 6.07) is 5.41. The van der Waals surface area contributed by atoms with Crippen LogP contribution in [-0.4, -0.2) is 41.4 Å². The van der Waals surface area contributed by atoms with Crippen molar-refractivity contribution in [3.05, 3.63) is 45.5 Å². The summed E-state index contributed by atoms with van der Waals surface area (Å²) >= 11 is 1.04. The smallest absolute Gasteiger partial charge is 0.346 e. The van der Waals surface area contributed by atoms with Gasteiger partial charge in [-0.1, -0.05) is 10.6 Å². The first-order chi connectivity index (χ1) is 11.6. The highest BCUT2D eigenvalue weighted by Crippen LogP contribution is 2.10. The molecule has 124 valence electrons. The largest absolute Gasteiger partial charge is 0.349 e. The van der Waals surface area contributed by atoms with Crippen molar-refractivity contribution in [2.24, 2.45) is 7.05 Å². The molecule has 0 saturated carbocycles. The summed E-state index contributed by atoms with van der Waals surface area (Å²) in [6.45, 7) is 2.26. The van der Waals surface area contributed by atoms with Crippen LogP contribution in [0, 0.1) is 6.92 Å². The third kappa shape index (κ3) is 3.08. The van der Waals surface area contributed by atoms with Crippen LogP contribution in [0.3, 0.4) is 0 Å². The Morgan fingerprint density at radius 2 is 2.21 bits per heavy atom. The van der Waals surface area contributed by atoms with E-state index in [0.717, 1.165) is 11.5 Å². The van der Waals surface area contributed by atoms with E-state index in [9.17, 15) is 9.59 Å². The molecule has 3 aromatic heterocycles. The Hall–Kier alpha value is -2.88. The van der Waals surface area contributed by atoms with Crippen molar-refractivity contribution in [1.82, 2.24) is 34.2 Å². The maximum absolute atomic E-state index is 12.2. The van der Waals surface area contributed by atoms with E-state index in [4.69, 9.17) is 0 Å². The van der Waals surface area contributed by atoms with Gasteiger partial charge in [-0.2, -0.15) is 0 Å². The average molecular weight is 345 g/mol. The number of nitrogens with zero attached hydrogens (tertiary/aromatic N) is 6. The first-order valence-electron chi connectivity index (χ1n) is 7.20. The van der Waals surface area contributed by atoms with Gasteiger partial charge < -0.3 is 5.32 Å². The molecule has 24 heavy (non-hydrogen) atoms. The van der Waals surface area contributed by atoms with Crippen molar-refractivity contribution in [2.75, 3.05) is 6.54 Å². The molecule has 0 atom stereocenters. The third-order valence-electron chi connectivity index (χ3n) is 3.40. The summed E-state index contributed by atoms with van der Waals surface area (Å²) in [5, 5.41) is 10.8. The molecular formula is C14H15N7O2S. The van der Waals surface area contributed by atoms with Crippen LogP contribution in [0.5, 0.6) is 0 Å². The number of amides is 1. The quantitative estimate of drug-likeness (QED) is 0.709. The number of nitrogens with one attached hydrogen (secondary N) is 1. The van der Waals surface area contributed by atoms with Gasteiger partial charge >= 0.3 is 5.69 Å². The van der Waals surface area contributed by atoms with E-state index < -0.39 is 0 Å². The van der Waals surface area contributed by atoms with Crippen molar-refractivity contribution >= 4 is 17.4 Å². The summed E-state index contributed by atoms with van der Waals surface area (Å²) in [6.07, 6.45) is 1.64. The summed E-state index contributed by atoms with van der Waals surface area (Å²) in [5.41, 5.74) is 0.941. The molecular weight excluding hydrogens is 330 g/mol. The minimum absolute atomic E-state index is 0.253. The lowest BCUT2D eigenvalue weighted by molar-refractivity contribution is 0.0955. The molecule has 1 amide bonds. The lowest BCUT2D eigenvalue weighted by Gasteiger charge is -2.02. The van der Waals surface area contributed by atoms with Crippen LogP contribution in [0.1, 0.15) is 15.4 Å². The Labute approximate surface area is 141 Å². The molecule has 3 rings (SSSR count). The zero-order chi connectivity index (χ0) is 17.1. The van der Waals surface area contributed by atoms with Gasteiger partial charge in [0.05, 0.1) is 12.2 Å². The Morgan fingerprint density at radius 3 is 2.88 bits per heavy atom. The summed E-state index contributed by atoms with van der Waals surface area (Å²) < 4.78 is 6.46. The van der Waals surface area contributed by atoms with Gasteiger partial charge in [0.2, 0.25) is 0 Å². The van der Waals surface area contributed by atoms with Crippen molar-refractivity contribution < 1.29 is 4.79 Å². The Morgan fingerprint density at radius 1 is 1.38 bits per heavy atom. The number of aromatic nitrogens is 6. The normalized spacial score (nSPS) is 10.8. The van der Waals surface area contributed by atoms with E-state index in [2.05, 4.69) is 25.0 Å². The molecule has 0 unspecified atom stereocenters. The molecule has 0 aliphatic carbocycles. The number of hydrogen-bond donors (Lipinski definition) is 1. The second kappa shape index (κ2) is 6.71.